The SMILES string of the molecule is CCCn1c(C)c(C(=O)NC(COC)C(=O)O)c2cc(OC)ccc21. The Morgan fingerprint density at radius 2 is 2.04 bits per heavy atom. The summed E-state index contributed by atoms with van der Waals surface area (Å²) in [6.45, 7) is 4.59. The van der Waals surface area contributed by atoms with Crippen LogP contribution in [0.4, 0.5) is 0 Å². The molecule has 0 saturated carbocycles. The normalized spacial score (nSPS) is 12.2. The fourth-order valence-corrected chi connectivity index (χ4v) is 2.96. The number of aliphatic carboxylic acids is 1. The van der Waals surface area contributed by atoms with E-state index in [0.29, 0.717) is 11.3 Å². The lowest BCUT2D eigenvalue weighted by molar-refractivity contribution is -0.140. The van der Waals surface area contributed by atoms with Gasteiger partial charge in [-0.1, -0.05) is 6.92 Å². The van der Waals surface area contributed by atoms with E-state index < -0.39 is 17.9 Å². The van der Waals surface area contributed by atoms with Crippen molar-refractivity contribution < 1.29 is 24.2 Å². The zero-order valence-electron chi connectivity index (χ0n) is 15.0. The van der Waals surface area contributed by atoms with Crippen LogP contribution in [0.5, 0.6) is 5.75 Å². The summed E-state index contributed by atoms with van der Waals surface area (Å²) in [7, 11) is 2.96. The second kappa shape index (κ2) is 8.02. The molecule has 1 aromatic carbocycles. The van der Waals surface area contributed by atoms with Crippen LogP contribution in [0.2, 0.25) is 0 Å². The third-order valence-corrected chi connectivity index (χ3v) is 4.14. The summed E-state index contributed by atoms with van der Waals surface area (Å²) < 4.78 is 12.2. The Morgan fingerprint density at radius 1 is 1.32 bits per heavy atom. The zero-order chi connectivity index (χ0) is 18.6. The van der Waals surface area contributed by atoms with Gasteiger partial charge in [0, 0.05) is 30.3 Å². The van der Waals surface area contributed by atoms with Crippen molar-refractivity contribution >= 4 is 22.8 Å². The molecule has 1 atom stereocenters. The van der Waals surface area contributed by atoms with Gasteiger partial charge in [-0.2, -0.15) is 0 Å². The molecule has 2 rings (SSSR count). The van der Waals surface area contributed by atoms with Crippen molar-refractivity contribution in [1.29, 1.82) is 0 Å². The molecule has 0 aliphatic rings. The predicted molar refractivity (Wildman–Crippen MR) is 94.3 cm³/mol. The van der Waals surface area contributed by atoms with Gasteiger partial charge in [-0.15, -0.1) is 0 Å². The first-order valence-corrected chi connectivity index (χ1v) is 8.14. The number of hydrogen-bond donors (Lipinski definition) is 2. The maximum atomic E-state index is 12.8. The third kappa shape index (κ3) is 3.76. The van der Waals surface area contributed by atoms with Gasteiger partial charge in [-0.25, -0.2) is 4.79 Å². The summed E-state index contributed by atoms with van der Waals surface area (Å²) in [6.07, 6.45) is 0.916. The Labute approximate surface area is 146 Å². The molecule has 7 heteroatoms. The maximum absolute atomic E-state index is 12.8. The summed E-state index contributed by atoms with van der Waals surface area (Å²) in [5.74, 6) is -0.931. The van der Waals surface area contributed by atoms with E-state index in [1.807, 2.05) is 19.1 Å². The fraction of sp³-hybridized carbons (Fsp3) is 0.444. The van der Waals surface area contributed by atoms with Gasteiger partial charge in [0.15, 0.2) is 6.04 Å². The molecule has 1 unspecified atom stereocenters. The number of carboxylic acid groups (broad SMARTS) is 1. The molecule has 0 spiro atoms. The first-order valence-electron chi connectivity index (χ1n) is 8.14. The molecule has 0 aliphatic heterocycles. The number of nitrogens with one attached hydrogen (secondary N) is 1. The fourth-order valence-electron chi connectivity index (χ4n) is 2.96. The summed E-state index contributed by atoms with van der Waals surface area (Å²) in [6, 6.07) is 4.46. The van der Waals surface area contributed by atoms with Crippen LogP contribution in [0.15, 0.2) is 18.2 Å². The highest BCUT2D eigenvalue weighted by molar-refractivity contribution is 6.09. The van der Waals surface area contributed by atoms with E-state index in [9.17, 15) is 14.7 Å². The smallest absolute Gasteiger partial charge is 0.328 e. The maximum Gasteiger partial charge on any atom is 0.328 e. The number of carbonyl (C=O) groups is 2. The molecule has 0 aliphatic carbocycles. The zero-order valence-corrected chi connectivity index (χ0v) is 15.0. The van der Waals surface area contributed by atoms with Gasteiger partial charge in [-0.05, 0) is 31.5 Å². The van der Waals surface area contributed by atoms with Gasteiger partial charge in [0.25, 0.3) is 5.91 Å². The van der Waals surface area contributed by atoms with Crippen LogP contribution in [0.3, 0.4) is 0 Å². The van der Waals surface area contributed by atoms with Crippen molar-refractivity contribution in [3.8, 4) is 5.75 Å². The van der Waals surface area contributed by atoms with Crippen LogP contribution >= 0.6 is 0 Å². The Hall–Kier alpha value is -2.54. The standard InChI is InChI=1S/C18H24N2O5/c1-5-8-20-11(2)16(13-9-12(25-4)6-7-15(13)20)17(21)19-14(10-24-3)18(22)23/h6-7,9,14H,5,8,10H2,1-4H3,(H,19,21)(H,22,23). The molecule has 136 valence electrons. The molecule has 1 amide bonds. The van der Waals surface area contributed by atoms with Crippen molar-refractivity contribution in [3.63, 3.8) is 0 Å². The van der Waals surface area contributed by atoms with E-state index in [1.165, 1.54) is 7.11 Å². The number of amides is 1. The highest BCUT2D eigenvalue weighted by Gasteiger charge is 2.25. The van der Waals surface area contributed by atoms with E-state index in [2.05, 4.69) is 16.8 Å². The van der Waals surface area contributed by atoms with Gasteiger partial charge in [-0.3, -0.25) is 4.79 Å². The second-order valence-corrected chi connectivity index (χ2v) is 5.81. The van der Waals surface area contributed by atoms with E-state index in [1.54, 1.807) is 13.2 Å². The largest absolute Gasteiger partial charge is 0.497 e. The lowest BCUT2D eigenvalue weighted by Gasteiger charge is -2.14. The van der Waals surface area contributed by atoms with Gasteiger partial charge < -0.3 is 24.5 Å². The third-order valence-electron chi connectivity index (χ3n) is 4.14. The lowest BCUT2D eigenvalue weighted by atomic mass is 10.1. The molecule has 7 nitrogen and oxygen atoms in total. The average molecular weight is 348 g/mol. The summed E-state index contributed by atoms with van der Waals surface area (Å²) in [5, 5.41) is 12.5. The monoisotopic (exact) mass is 348 g/mol. The number of ether oxygens (including phenoxy) is 2. The number of fused-ring (bicyclic) bond motifs is 1. The lowest BCUT2D eigenvalue weighted by Crippen LogP contribution is -2.44. The summed E-state index contributed by atoms with van der Waals surface area (Å²) >= 11 is 0. The number of rotatable bonds is 8. The molecular weight excluding hydrogens is 324 g/mol. The van der Waals surface area contributed by atoms with Crippen molar-refractivity contribution in [2.24, 2.45) is 0 Å². The molecule has 2 N–H and O–H groups in total. The Morgan fingerprint density at radius 3 is 2.60 bits per heavy atom. The topological polar surface area (TPSA) is 89.8 Å². The molecule has 0 radical (unpaired) electrons. The molecule has 1 heterocycles. The number of benzene rings is 1. The first-order chi connectivity index (χ1) is 11.9. The number of aromatic nitrogens is 1. The van der Waals surface area contributed by atoms with Crippen LogP contribution in [-0.4, -0.2) is 48.4 Å². The second-order valence-electron chi connectivity index (χ2n) is 5.81. The number of nitrogens with zero attached hydrogens (tertiary/aromatic N) is 1. The van der Waals surface area contributed by atoms with Gasteiger partial charge in [0.1, 0.15) is 5.75 Å². The number of methoxy groups -OCH3 is 2. The van der Waals surface area contributed by atoms with E-state index in [0.717, 1.165) is 29.6 Å². The average Bonchev–Trinajstić information content (AvgIpc) is 2.86. The summed E-state index contributed by atoms with van der Waals surface area (Å²) in [5.41, 5.74) is 2.18. The molecule has 25 heavy (non-hydrogen) atoms. The van der Waals surface area contributed by atoms with Crippen LogP contribution < -0.4 is 10.1 Å². The number of hydrogen-bond acceptors (Lipinski definition) is 4. The molecule has 0 saturated heterocycles. The molecule has 1 aromatic heterocycles. The number of carboxylic acids is 1. The van der Waals surface area contributed by atoms with Gasteiger partial charge in [0.05, 0.1) is 19.3 Å². The Bertz CT molecular complexity index is 781. The van der Waals surface area contributed by atoms with E-state index in [4.69, 9.17) is 9.47 Å². The van der Waals surface area contributed by atoms with Crippen molar-refractivity contribution in [1.82, 2.24) is 9.88 Å². The van der Waals surface area contributed by atoms with Gasteiger partial charge in [0.2, 0.25) is 0 Å². The summed E-state index contributed by atoms with van der Waals surface area (Å²) in [4.78, 5) is 24.1. The van der Waals surface area contributed by atoms with Crippen LogP contribution in [0.25, 0.3) is 10.9 Å². The Balaban J connectivity index is 2.52. The van der Waals surface area contributed by atoms with Crippen LogP contribution in [0.1, 0.15) is 29.4 Å². The minimum Gasteiger partial charge on any atom is -0.497 e. The van der Waals surface area contributed by atoms with Crippen molar-refractivity contribution in [3.05, 3.63) is 29.5 Å². The highest BCUT2D eigenvalue weighted by Crippen LogP contribution is 2.29. The molecule has 0 fully saturated rings. The quantitative estimate of drug-likeness (QED) is 0.763. The predicted octanol–water partition coefficient (Wildman–Crippen LogP) is 2.20. The highest BCUT2D eigenvalue weighted by atomic mass is 16.5. The molecule has 2 aromatic rings. The molecule has 0 bridgehead atoms. The molecular formula is C18H24N2O5. The van der Waals surface area contributed by atoms with Crippen molar-refractivity contribution in [2.75, 3.05) is 20.8 Å². The Kier molecular flexibility index (Phi) is 6.03. The minimum atomic E-state index is -1.14. The van der Waals surface area contributed by atoms with Crippen molar-refractivity contribution in [2.45, 2.75) is 32.9 Å². The van der Waals surface area contributed by atoms with E-state index in [-0.39, 0.29) is 6.61 Å². The van der Waals surface area contributed by atoms with Gasteiger partial charge >= 0.3 is 5.97 Å². The number of carbonyl (C=O) groups excluding carboxylic acids is 1. The van der Waals surface area contributed by atoms with E-state index >= 15 is 0 Å². The number of aryl methyl sites for hydroxylation is 1. The minimum absolute atomic E-state index is 0.100. The first kappa shape index (κ1) is 18.8. The van der Waals surface area contributed by atoms with Crippen LogP contribution in [-0.2, 0) is 16.1 Å². The van der Waals surface area contributed by atoms with Crippen LogP contribution in [0, 0.1) is 6.92 Å².